The van der Waals surface area contributed by atoms with E-state index >= 15 is 0 Å². The van der Waals surface area contributed by atoms with Crippen LogP contribution in [0.4, 0.5) is 0 Å². The summed E-state index contributed by atoms with van der Waals surface area (Å²) in [5, 5.41) is 11.9. The van der Waals surface area contributed by atoms with E-state index in [1.165, 1.54) is 54.6 Å². The molecule has 0 unspecified atom stereocenters. The molecule has 0 fully saturated rings. The van der Waals surface area contributed by atoms with Crippen molar-refractivity contribution in [3.05, 3.63) is 170 Å². The summed E-state index contributed by atoms with van der Waals surface area (Å²) in [6.45, 7) is 0. The summed E-state index contributed by atoms with van der Waals surface area (Å²) >= 11 is 0. The average molecular weight is 637 g/mol. The highest BCUT2D eigenvalue weighted by Crippen LogP contribution is 2.46. The zero-order chi connectivity index (χ0) is 32.8. The van der Waals surface area contributed by atoms with Crippen molar-refractivity contribution in [2.45, 2.75) is 0 Å². The molecule has 232 valence electrons. The third-order valence-electron chi connectivity index (χ3n) is 10.5. The first-order valence-corrected chi connectivity index (χ1v) is 17.1. The molecule has 0 saturated carbocycles. The van der Waals surface area contributed by atoms with E-state index < -0.39 is 0 Å². The van der Waals surface area contributed by atoms with Crippen LogP contribution < -0.4 is 0 Å². The van der Waals surface area contributed by atoms with Gasteiger partial charge in [-0.2, -0.15) is 0 Å². The Morgan fingerprint density at radius 1 is 0.260 bits per heavy atom. The largest absolute Gasteiger partial charge is 0.456 e. The minimum absolute atomic E-state index is 0.870. The Kier molecular flexibility index (Phi) is 5.70. The van der Waals surface area contributed by atoms with Gasteiger partial charge < -0.3 is 8.83 Å². The number of rotatable bonds is 3. The summed E-state index contributed by atoms with van der Waals surface area (Å²) in [6.07, 6.45) is 0. The monoisotopic (exact) mass is 636 g/mol. The van der Waals surface area contributed by atoms with E-state index in [4.69, 9.17) is 8.83 Å². The van der Waals surface area contributed by atoms with Crippen molar-refractivity contribution in [3.8, 4) is 33.4 Å². The summed E-state index contributed by atoms with van der Waals surface area (Å²) in [5.74, 6) is 0. The van der Waals surface area contributed by atoms with Gasteiger partial charge in [-0.05, 0) is 90.0 Å². The summed E-state index contributed by atoms with van der Waals surface area (Å²) in [6, 6.07) is 60.8. The molecular weight excluding hydrogens is 609 g/mol. The third-order valence-corrected chi connectivity index (χ3v) is 10.5. The molecule has 0 atom stereocenters. The van der Waals surface area contributed by atoms with E-state index in [-0.39, 0.29) is 0 Å². The van der Waals surface area contributed by atoms with Gasteiger partial charge in [0.25, 0.3) is 0 Å². The second-order valence-electron chi connectivity index (χ2n) is 13.1. The molecular formula is C48H28O2. The van der Waals surface area contributed by atoms with Crippen molar-refractivity contribution in [1.82, 2.24) is 0 Å². The number of hydrogen-bond acceptors (Lipinski definition) is 2. The molecule has 0 N–H and O–H groups in total. The number of benzene rings is 9. The predicted molar refractivity (Wildman–Crippen MR) is 210 cm³/mol. The first-order valence-electron chi connectivity index (χ1n) is 17.1. The normalized spacial score (nSPS) is 12.0. The Hall–Kier alpha value is -6.64. The van der Waals surface area contributed by atoms with E-state index in [2.05, 4.69) is 146 Å². The van der Waals surface area contributed by atoms with Crippen LogP contribution in [0.15, 0.2) is 179 Å². The predicted octanol–water partition coefficient (Wildman–Crippen LogP) is 13.9. The van der Waals surface area contributed by atoms with Crippen molar-refractivity contribution < 1.29 is 8.83 Å². The Balaban J connectivity index is 1.13. The smallest absolute Gasteiger partial charge is 0.136 e. The SMILES string of the molecule is c1ccc(-c2c3ccccc3c(-c3ccc(-c4cc5oc6ccc7oc8ccccc8c7c6c5c5ccccc45)cc3)c3ccccc23)cc1. The zero-order valence-electron chi connectivity index (χ0n) is 27.0. The molecule has 2 nitrogen and oxygen atoms in total. The van der Waals surface area contributed by atoms with Gasteiger partial charge in [-0.1, -0.05) is 146 Å². The number of hydrogen-bond donors (Lipinski definition) is 0. The molecule has 0 aliphatic rings. The first kappa shape index (κ1) is 27.3. The fraction of sp³-hybridized carbons (Fsp3) is 0. The molecule has 2 heteroatoms. The Morgan fingerprint density at radius 3 is 1.34 bits per heavy atom. The molecule has 2 heterocycles. The summed E-state index contributed by atoms with van der Waals surface area (Å²) in [4.78, 5) is 0. The van der Waals surface area contributed by atoms with E-state index in [0.29, 0.717) is 0 Å². The lowest BCUT2D eigenvalue weighted by Crippen LogP contribution is -1.91. The van der Waals surface area contributed by atoms with Crippen molar-refractivity contribution >= 4 is 76.2 Å². The van der Waals surface area contributed by atoms with Gasteiger partial charge in [0, 0.05) is 21.5 Å². The first-order chi connectivity index (χ1) is 24.8. The molecule has 0 saturated heterocycles. The van der Waals surface area contributed by atoms with Gasteiger partial charge in [0.1, 0.15) is 22.3 Å². The van der Waals surface area contributed by atoms with Crippen LogP contribution in [0, 0.1) is 0 Å². The fourth-order valence-electron chi connectivity index (χ4n) is 8.35. The molecule has 0 amide bonds. The van der Waals surface area contributed by atoms with Crippen LogP contribution in [-0.4, -0.2) is 0 Å². The van der Waals surface area contributed by atoms with E-state index in [1.807, 2.05) is 24.3 Å². The minimum atomic E-state index is 0.870. The quantitative estimate of drug-likeness (QED) is 0.180. The molecule has 9 aromatic carbocycles. The Labute approximate surface area is 287 Å². The van der Waals surface area contributed by atoms with Crippen LogP contribution in [0.1, 0.15) is 0 Å². The van der Waals surface area contributed by atoms with Gasteiger partial charge in [-0.15, -0.1) is 0 Å². The molecule has 50 heavy (non-hydrogen) atoms. The average Bonchev–Trinajstić information content (AvgIpc) is 3.75. The lowest BCUT2D eigenvalue weighted by Gasteiger charge is -2.18. The molecule has 11 rings (SSSR count). The Bertz CT molecular complexity index is 3070. The lowest BCUT2D eigenvalue weighted by molar-refractivity contribution is 0.663. The van der Waals surface area contributed by atoms with Crippen molar-refractivity contribution in [2.24, 2.45) is 0 Å². The highest BCUT2D eigenvalue weighted by atomic mass is 16.3. The lowest BCUT2D eigenvalue weighted by atomic mass is 9.85. The molecule has 0 radical (unpaired) electrons. The van der Waals surface area contributed by atoms with Crippen LogP contribution in [0.3, 0.4) is 0 Å². The van der Waals surface area contributed by atoms with Crippen LogP contribution in [0.25, 0.3) is 110 Å². The maximum absolute atomic E-state index is 6.64. The van der Waals surface area contributed by atoms with Crippen LogP contribution >= 0.6 is 0 Å². The van der Waals surface area contributed by atoms with Gasteiger partial charge in [-0.3, -0.25) is 0 Å². The molecule has 0 spiro atoms. The molecule has 0 bridgehead atoms. The maximum atomic E-state index is 6.64. The molecule has 2 aromatic heterocycles. The molecule has 11 aromatic rings. The zero-order valence-corrected chi connectivity index (χ0v) is 27.0. The molecule has 0 aliphatic heterocycles. The maximum Gasteiger partial charge on any atom is 0.136 e. The highest BCUT2D eigenvalue weighted by Gasteiger charge is 2.21. The van der Waals surface area contributed by atoms with Crippen molar-refractivity contribution in [2.75, 3.05) is 0 Å². The van der Waals surface area contributed by atoms with E-state index in [9.17, 15) is 0 Å². The third kappa shape index (κ3) is 3.85. The fourth-order valence-corrected chi connectivity index (χ4v) is 8.35. The van der Waals surface area contributed by atoms with Crippen molar-refractivity contribution in [1.29, 1.82) is 0 Å². The van der Waals surface area contributed by atoms with E-state index in [1.54, 1.807) is 0 Å². The standard InChI is InChI=1S/C48H28O2/c1-2-12-30(13-3-1)44-34-16-6-8-18-36(34)45(37-19-9-7-17-35(37)44)31-24-22-29(23-25-31)39-28-43-46(33-15-5-4-14-32(33)39)48-42(50-43)27-26-41-47(48)38-20-10-11-21-40(38)49-41/h1-28H. The van der Waals surface area contributed by atoms with Crippen LogP contribution in [0.2, 0.25) is 0 Å². The Morgan fingerprint density at radius 2 is 0.700 bits per heavy atom. The van der Waals surface area contributed by atoms with Gasteiger partial charge in [0.15, 0.2) is 0 Å². The number of furan rings is 2. The van der Waals surface area contributed by atoms with Gasteiger partial charge in [0.2, 0.25) is 0 Å². The topological polar surface area (TPSA) is 26.3 Å². The number of fused-ring (bicyclic) bond motifs is 11. The van der Waals surface area contributed by atoms with Gasteiger partial charge in [0.05, 0.1) is 0 Å². The number of para-hydroxylation sites is 1. The second kappa shape index (κ2) is 10.4. The van der Waals surface area contributed by atoms with E-state index in [0.717, 1.165) is 55.0 Å². The van der Waals surface area contributed by atoms with Crippen LogP contribution in [0.5, 0.6) is 0 Å². The van der Waals surface area contributed by atoms with Gasteiger partial charge >= 0.3 is 0 Å². The summed E-state index contributed by atoms with van der Waals surface area (Å²) in [5.41, 5.74) is 10.8. The highest BCUT2D eigenvalue weighted by molar-refractivity contribution is 6.32. The second-order valence-corrected chi connectivity index (χ2v) is 13.1. The van der Waals surface area contributed by atoms with Crippen LogP contribution in [-0.2, 0) is 0 Å². The van der Waals surface area contributed by atoms with Gasteiger partial charge in [-0.25, -0.2) is 0 Å². The summed E-state index contributed by atoms with van der Waals surface area (Å²) in [7, 11) is 0. The molecule has 0 aliphatic carbocycles. The van der Waals surface area contributed by atoms with Crippen molar-refractivity contribution in [3.63, 3.8) is 0 Å². The minimum Gasteiger partial charge on any atom is -0.456 e. The summed E-state index contributed by atoms with van der Waals surface area (Å²) < 4.78 is 12.9.